The average molecular weight is 335 g/mol. The Morgan fingerprint density at radius 1 is 1.20 bits per heavy atom. The van der Waals surface area contributed by atoms with Crippen LogP contribution in [-0.4, -0.2) is 27.7 Å². The lowest BCUT2D eigenvalue weighted by Gasteiger charge is -2.23. The number of rotatable bonds is 4. The third-order valence-electron chi connectivity index (χ3n) is 4.82. The highest BCUT2D eigenvalue weighted by atomic mass is 16.2. The standard InChI is InChI=1S/C20H21N3O2/c24-19-6-3-4-14-7-8-15(12-18(14)19)22-20(25)23(17-9-10-17)13-16-5-1-2-11-21-16/h1-2,5,7-8,11-12,17H,3-4,6,9-10,13H2,(H,22,25). The Balaban J connectivity index is 1.50. The Hall–Kier alpha value is -2.69. The van der Waals surface area contributed by atoms with Crippen LogP contribution < -0.4 is 5.32 Å². The first-order valence-electron chi connectivity index (χ1n) is 8.84. The van der Waals surface area contributed by atoms with E-state index in [4.69, 9.17) is 0 Å². The minimum absolute atomic E-state index is 0.128. The van der Waals surface area contributed by atoms with Crippen molar-refractivity contribution >= 4 is 17.5 Å². The Labute approximate surface area is 147 Å². The lowest BCUT2D eigenvalue weighted by molar-refractivity contribution is 0.0972. The molecule has 0 spiro atoms. The van der Waals surface area contributed by atoms with Crippen LogP contribution in [-0.2, 0) is 13.0 Å². The molecule has 1 heterocycles. The van der Waals surface area contributed by atoms with E-state index in [1.165, 1.54) is 0 Å². The number of nitrogens with one attached hydrogen (secondary N) is 1. The number of Topliss-reactive ketones (excluding diaryl/α,β-unsaturated/α-hetero) is 1. The molecule has 0 atom stereocenters. The second-order valence-electron chi connectivity index (χ2n) is 6.76. The summed E-state index contributed by atoms with van der Waals surface area (Å²) in [6.45, 7) is 0.501. The van der Waals surface area contributed by atoms with Crippen LogP contribution >= 0.6 is 0 Å². The summed E-state index contributed by atoms with van der Waals surface area (Å²) in [5.41, 5.74) is 3.41. The zero-order valence-electron chi connectivity index (χ0n) is 14.1. The fraction of sp³-hybridized carbons (Fsp3) is 0.350. The molecule has 128 valence electrons. The van der Waals surface area contributed by atoms with Crippen molar-refractivity contribution in [1.29, 1.82) is 0 Å². The maximum absolute atomic E-state index is 12.8. The van der Waals surface area contributed by atoms with Gasteiger partial charge in [0, 0.05) is 29.9 Å². The van der Waals surface area contributed by atoms with E-state index in [0.717, 1.165) is 42.5 Å². The first kappa shape index (κ1) is 15.8. The second kappa shape index (κ2) is 6.67. The van der Waals surface area contributed by atoms with Crippen molar-refractivity contribution < 1.29 is 9.59 Å². The first-order chi connectivity index (χ1) is 12.2. The number of amides is 2. The Morgan fingerprint density at radius 3 is 2.84 bits per heavy atom. The van der Waals surface area contributed by atoms with Crippen molar-refractivity contribution in [2.75, 3.05) is 5.32 Å². The van der Waals surface area contributed by atoms with E-state index in [0.29, 0.717) is 18.7 Å². The number of aromatic nitrogens is 1. The number of hydrogen-bond donors (Lipinski definition) is 1. The second-order valence-corrected chi connectivity index (χ2v) is 6.76. The van der Waals surface area contributed by atoms with Gasteiger partial charge in [0.05, 0.1) is 12.2 Å². The number of urea groups is 1. The number of ketones is 1. The van der Waals surface area contributed by atoms with Gasteiger partial charge in [-0.15, -0.1) is 0 Å². The summed E-state index contributed by atoms with van der Waals surface area (Å²) in [6.07, 6.45) is 6.25. The minimum atomic E-state index is -0.128. The van der Waals surface area contributed by atoms with E-state index >= 15 is 0 Å². The molecule has 0 bridgehead atoms. The minimum Gasteiger partial charge on any atom is -0.316 e. The summed E-state index contributed by atoms with van der Waals surface area (Å²) in [5.74, 6) is 0.171. The summed E-state index contributed by atoms with van der Waals surface area (Å²) < 4.78 is 0. The highest BCUT2D eigenvalue weighted by Gasteiger charge is 2.33. The van der Waals surface area contributed by atoms with E-state index in [2.05, 4.69) is 10.3 Å². The molecule has 0 aliphatic heterocycles. The van der Waals surface area contributed by atoms with Gasteiger partial charge in [0.15, 0.2) is 5.78 Å². The summed E-state index contributed by atoms with van der Waals surface area (Å²) in [4.78, 5) is 31.0. The van der Waals surface area contributed by atoms with Gasteiger partial charge in [0.25, 0.3) is 0 Å². The molecular formula is C20H21N3O2. The monoisotopic (exact) mass is 335 g/mol. The lowest BCUT2D eigenvalue weighted by Crippen LogP contribution is -2.36. The van der Waals surface area contributed by atoms with Crippen molar-refractivity contribution in [3.63, 3.8) is 0 Å². The fourth-order valence-corrected chi connectivity index (χ4v) is 3.32. The summed E-state index contributed by atoms with van der Waals surface area (Å²) in [7, 11) is 0. The maximum Gasteiger partial charge on any atom is 0.322 e. The van der Waals surface area contributed by atoms with Crippen molar-refractivity contribution in [3.05, 3.63) is 59.4 Å². The lowest BCUT2D eigenvalue weighted by atomic mass is 9.90. The molecule has 25 heavy (non-hydrogen) atoms. The van der Waals surface area contributed by atoms with Crippen molar-refractivity contribution in [1.82, 2.24) is 9.88 Å². The van der Waals surface area contributed by atoms with Gasteiger partial charge in [0.1, 0.15) is 0 Å². The molecule has 0 unspecified atom stereocenters. The van der Waals surface area contributed by atoms with Crippen LogP contribution in [0.3, 0.4) is 0 Å². The topological polar surface area (TPSA) is 62.3 Å². The van der Waals surface area contributed by atoms with Crippen LogP contribution in [0.2, 0.25) is 0 Å². The molecule has 2 aliphatic rings. The van der Waals surface area contributed by atoms with E-state index in [1.807, 2.05) is 41.3 Å². The molecule has 1 aromatic carbocycles. The molecule has 2 aliphatic carbocycles. The normalized spacial score (nSPS) is 16.2. The molecule has 2 amide bonds. The molecule has 1 N–H and O–H groups in total. The van der Waals surface area contributed by atoms with Crippen LogP contribution in [0.15, 0.2) is 42.6 Å². The molecule has 2 aromatic rings. The van der Waals surface area contributed by atoms with E-state index in [1.54, 1.807) is 6.20 Å². The van der Waals surface area contributed by atoms with Gasteiger partial charge in [-0.2, -0.15) is 0 Å². The van der Waals surface area contributed by atoms with E-state index in [9.17, 15) is 9.59 Å². The number of aryl methyl sites for hydroxylation is 1. The van der Waals surface area contributed by atoms with Crippen LogP contribution in [0.25, 0.3) is 0 Å². The molecule has 1 fully saturated rings. The third kappa shape index (κ3) is 3.55. The molecule has 0 radical (unpaired) electrons. The number of fused-ring (bicyclic) bond motifs is 1. The summed E-state index contributed by atoms with van der Waals surface area (Å²) in [6, 6.07) is 11.6. The number of carbonyl (C=O) groups excluding carboxylic acids is 2. The first-order valence-corrected chi connectivity index (χ1v) is 8.84. The van der Waals surface area contributed by atoms with Gasteiger partial charge >= 0.3 is 6.03 Å². The smallest absolute Gasteiger partial charge is 0.316 e. The van der Waals surface area contributed by atoms with Crippen LogP contribution in [0.5, 0.6) is 0 Å². The SMILES string of the molecule is O=C1CCCc2ccc(NC(=O)N(Cc3ccccn3)C3CC3)cc21. The van der Waals surface area contributed by atoms with Crippen molar-refractivity contribution in [3.8, 4) is 0 Å². The summed E-state index contributed by atoms with van der Waals surface area (Å²) >= 11 is 0. The van der Waals surface area contributed by atoms with Gasteiger partial charge in [-0.1, -0.05) is 12.1 Å². The number of benzene rings is 1. The summed E-state index contributed by atoms with van der Waals surface area (Å²) in [5, 5.41) is 2.96. The van der Waals surface area contributed by atoms with E-state index in [-0.39, 0.29) is 17.9 Å². The Bertz CT molecular complexity index is 800. The average Bonchev–Trinajstić information content (AvgIpc) is 3.46. The molecule has 4 rings (SSSR count). The van der Waals surface area contributed by atoms with Gasteiger partial charge in [0.2, 0.25) is 0 Å². The van der Waals surface area contributed by atoms with Gasteiger partial charge in [-0.3, -0.25) is 9.78 Å². The van der Waals surface area contributed by atoms with Crippen LogP contribution in [0, 0.1) is 0 Å². The molecule has 1 saturated carbocycles. The Kier molecular flexibility index (Phi) is 4.22. The molecular weight excluding hydrogens is 314 g/mol. The number of hydrogen-bond acceptors (Lipinski definition) is 3. The number of pyridine rings is 1. The fourth-order valence-electron chi connectivity index (χ4n) is 3.32. The quantitative estimate of drug-likeness (QED) is 0.924. The van der Waals surface area contributed by atoms with Gasteiger partial charge < -0.3 is 10.2 Å². The Morgan fingerprint density at radius 2 is 2.08 bits per heavy atom. The molecule has 5 nitrogen and oxygen atoms in total. The predicted octanol–water partition coefficient (Wildman–Crippen LogP) is 3.80. The largest absolute Gasteiger partial charge is 0.322 e. The highest BCUT2D eigenvalue weighted by Crippen LogP contribution is 2.29. The van der Waals surface area contributed by atoms with Crippen molar-refractivity contribution in [2.45, 2.75) is 44.7 Å². The molecule has 5 heteroatoms. The van der Waals surface area contributed by atoms with Crippen molar-refractivity contribution in [2.24, 2.45) is 0 Å². The highest BCUT2D eigenvalue weighted by molar-refractivity contribution is 6.00. The zero-order valence-corrected chi connectivity index (χ0v) is 14.1. The van der Waals surface area contributed by atoms with Crippen LogP contribution in [0.4, 0.5) is 10.5 Å². The number of carbonyl (C=O) groups is 2. The number of nitrogens with zero attached hydrogens (tertiary/aromatic N) is 2. The molecule has 1 aromatic heterocycles. The maximum atomic E-state index is 12.8. The molecule has 0 saturated heterocycles. The predicted molar refractivity (Wildman–Crippen MR) is 95.5 cm³/mol. The van der Waals surface area contributed by atoms with E-state index < -0.39 is 0 Å². The van der Waals surface area contributed by atoms with Crippen LogP contribution in [0.1, 0.15) is 47.3 Å². The van der Waals surface area contributed by atoms with Gasteiger partial charge in [-0.05, 0) is 55.5 Å². The zero-order chi connectivity index (χ0) is 17.2. The van der Waals surface area contributed by atoms with Gasteiger partial charge in [-0.25, -0.2) is 4.79 Å². The number of anilines is 1. The third-order valence-corrected chi connectivity index (χ3v) is 4.82.